The molecule has 0 bridgehead atoms. The van der Waals surface area contributed by atoms with Crippen LogP contribution in [0.4, 0.5) is 10.8 Å². The summed E-state index contributed by atoms with van der Waals surface area (Å²) >= 11 is 3.09. The largest absolute Gasteiger partial charge is 0.309 e. The second-order valence-corrected chi connectivity index (χ2v) is 8.58. The van der Waals surface area contributed by atoms with Gasteiger partial charge in [-0.1, -0.05) is 50.7 Å². The molecule has 2 aromatic heterocycles. The van der Waals surface area contributed by atoms with Crippen molar-refractivity contribution in [2.75, 3.05) is 4.90 Å². The maximum Gasteiger partial charge on any atom is 0.230 e. The van der Waals surface area contributed by atoms with Crippen molar-refractivity contribution in [3.05, 3.63) is 46.7 Å². The van der Waals surface area contributed by atoms with Crippen LogP contribution >= 0.6 is 23.1 Å². The van der Waals surface area contributed by atoms with Gasteiger partial charge in [0.15, 0.2) is 10.3 Å². The maximum absolute atomic E-state index is 12.4. The average Bonchev–Trinajstić information content (AvgIpc) is 3.27. The topological polar surface area (TPSA) is 63.9 Å². The summed E-state index contributed by atoms with van der Waals surface area (Å²) in [7, 11) is 1.99. The van der Waals surface area contributed by atoms with Crippen molar-refractivity contribution < 1.29 is 4.79 Å². The number of hydrogen-bond acceptors (Lipinski definition) is 6. The molecule has 8 heteroatoms. The molecule has 0 aliphatic heterocycles. The number of aromatic nitrogens is 4. The fourth-order valence-corrected chi connectivity index (χ4v) is 4.79. The summed E-state index contributed by atoms with van der Waals surface area (Å²) in [5, 5.41) is 12.1. The Labute approximate surface area is 174 Å². The first kappa shape index (κ1) is 20.5. The lowest BCUT2D eigenvalue weighted by Crippen LogP contribution is -2.23. The van der Waals surface area contributed by atoms with Crippen LogP contribution in [0.5, 0.6) is 0 Å². The van der Waals surface area contributed by atoms with Crippen LogP contribution in [-0.2, 0) is 24.0 Å². The molecular weight excluding hydrogens is 390 g/mol. The van der Waals surface area contributed by atoms with Gasteiger partial charge in [0.05, 0.1) is 11.4 Å². The Hall–Kier alpha value is -2.19. The minimum absolute atomic E-state index is 0.0377. The zero-order chi connectivity index (χ0) is 20.3. The summed E-state index contributed by atoms with van der Waals surface area (Å²) < 4.78 is 2.03. The highest BCUT2D eigenvalue weighted by Crippen LogP contribution is 2.33. The molecule has 0 N–H and O–H groups in total. The number of amides is 1. The smallest absolute Gasteiger partial charge is 0.230 e. The van der Waals surface area contributed by atoms with E-state index in [1.165, 1.54) is 11.3 Å². The van der Waals surface area contributed by atoms with Gasteiger partial charge in [-0.25, -0.2) is 4.98 Å². The first-order valence-corrected chi connectivity index (χ1v) is 11.1. The fourth-order valence-electron chi connectivity index (χ4n) is 2.99. The lowest BCUT2D eigenvalue weighted by molar-refractivity contribution is -0.115. The molecule has 0 saturated heterocycles. The third kappa shape index (κ3) is 4.28. The number of aryl methyl sites for hydroxylation is 1. The van der Waals surface area contributed by atoms with E-state index in [0.717, 1.165) is 34.3 Å². The molecule has 0 radical (unpaired) electrons. The Kier molecular flexibility index (Phi) is 6.51. The number of benzene rings is 1. The molecule has 28 heavy (non-hydrogen) atoms. The van der Waals surface area contributed by atoms with Gasteiger partial charge in [-0.15, -0.1) is 21.5 Å². The van der Waals surface area contributed by atoms with E-state index in [0.29, 0.717) is 16.8 Å². The molecule has 3 aromatic rings. The predicted molar refractivity (Wildman–Crippen MR) is 115 cm³/mol. The van der Waals surface area contributed by atoms with E-state index in [1.807, 2.05) is 35.2 Å². The van der Waals surface area contributed by atoms with Crippen LogP contribution in [0.1, 0.15) is 50.7 Å². The minimum atomic E-state index is -0.0377. The third-order valence-electron chi connectivity index (χ3n) is 4.39. The van der Waals surface area contributed by atoms with Gasteiger partial charge in [-0.3, -0.25) is 9.69 Å². The minimum Gasteiger partial charge on any atom is -0.309 e. The highest BCUT2D eigenvalue weighted by atomic mass is 32.2. The summed E-state index contributed by atoms with van der Waals surface area (Å²) in [6.45, 7) is 7.88. The highest BCUT2D eigenvalue weighted by Gasteiger charge is 2.20. The van der Waals surface area contributed by atoms with E-state index < -0.39 is 0 Å². The molecule has 0 saturated carbocycles. The van der Waals surface area contributed by atoms with Gasteiger partial charge in [0, 0.05) is 31.0 Å². The normalized spacial score (nSPS) is 11.2. The van der Waals surface area contributed by atoms with E-state index in [4.69, 9.17) is 4.98 Å². The van der Waals surface area contributed by atoms with E-state index in [1.54, 1.807) is 23.6 Å². The van der Waals surface area contributed by atoms with Crippen molar-refractivity contribution in [3.8, 4) is 0 Å². The van der Waals surface area contributed by atoms with Gasteiger partial charge >= 0.3 is 0 Å². The second-order valence-electron chi connectivity index (χ2n) is 6.80. The van der Waals surface area contributed by atoms with Crippen LogP contribution in [-0.4, -0.2) is 25.7 Å². The molecule has 1 amide bonds. The summed E-state index contributed by atoms with van der Waals surface area (Å²) in [6, 6.07) is 7.98. The number of hydrogen-bond donors (Lipinski definition) is 0. The first-order chi connectivity index (χ1) is 13.4. The van der Waals surface area contributed by atoms with Crippen molar-refractivity contribution in [1.29, 1.82) is 0 Å². The Bertz CT molecular complexity index is 963. The zero-order valence-corrected chi connectivity index (χ0v) is 18.5. The number of anilines is 2. The van der Waals surface area contributed by atoms with Crippen LogP contribution in [0, 0.1) is 0 Å². The Morgan fingerprint density at radius 2 is 2.04 bits per heavy atom. The third-order valence-corrected chi connectivity index (χ3v) is 6.32. The molecule has 1 aromatic carbocycles. The first-order valence-electron chi connectivity index (χ1n) is 9.27. The van der Waals surface area contributed by atoms with Crippen molar-refractivity contribution in [2.45, 2.75) is 50.9 Å². The van der Waals surface area contributed by atoms with E-state index in [2.05, 4.69) is 37.0 Å². The van der Waals surface area contributed by atoms with Crippen LogP contribution in [0.25, 0.3) is 0 Å². The van der Waals surface area contributed by atoms with Gasteiger partial charge in [0.2, 0.25) is 5.91 Å². The van der Waals surface area contributed by atoms with Crippen molar-refractivity contribution in [1.82, 2.24) is 19.7 Å². The summed E-state index contributed by atoms with van der Waals surface area (Å²) in [5.41, 5.74) is 2.96. The van der Waals surface area contributed by atoms with E-state index in [9.17, 15) is 4.79 Å². The van der Waals surface area contributed by atoms with Crippen LogP contribution in [0.3, 0.4) is 0 Å². The highest BCUT2D eigenvalue weighted by molar-refractivity contribution is 7.98. The quantitative estimate of drug-likeness (QED) is 0.512. The summed E-state index contributed by atoms with van der Waals surface area (Å²) in [5.74, 6) is 1.95. The number of para-hydroxylation sites is 1. The zero-order valence-electron chi connectivity index (χ0n) is 16.8. The summed E-state index contributed by atoms with van der Waals surface area (Å²) in [4.78, 5) is 18.8. The Morgan fingerprint density at radius 1 is 1.29 bits per heavy atom. The number of carbonyl (C=O) groups excluding carboxylic acids is 1. The van der Waals surface area contributed by atoms with Crippen LogP contribution in [0.2, 0.25) is 0 Å². The molecular formula is C20H25N5OS2. The van der Waals surface area contributed by atoms with Crippen molar-refractivity contribution in [3.63, 3.8) is 0 Å². The maximum atomic E-state index is 12.4. The van der Waals surface area contributed by atoms with E-state index >= 15 is 0 Å². The number of rotatable bonds is 7. The molecule has 0 aliphatic rings. The number of carbonyl (C=O) groups is 1. The van der Waals surface area contributed by atoms with Gasteiger partial charge in [-0.2, -0.15) is 0 Å². The number of nitrogens with zero attached hydrogens (tertiary/aromatic N) is 5. The molecule has 3 rings (SSSR count). The van der Waals surface area contributed by atoms with Gasteiger partial charge in [0.1, 0.15) is 5.82 Å². The van der Waals surface area contributed by atoms with Crippen molar-refractivity contribution >= 4 is 39.8 Å². The van der Waals surface area contributed by atoms with Gasteiger partial charge in [0.25, 0.3) is 0 Å². The monoisotopic (exact) mass is 415 g/mol. The molecule has 0 fully saturated rings. The predicted octanol–water partition coefficient (Wildman–Crippen LogP) is 4.93. The van der Waals surface area contributed by atoms with Crippen LogP contribution in [0.15, 0.2) is 34.8 Å². The van der Waals surface area contributed by atoms with Gasteiger partial charge < -0.3 is 4.57 Å². The SMILES string of the molecule is CCc1ccccc1N(C(C)=O)c1nc(CSc2nnc(C(C)C)n2C)cs1. The van der Waals surface area contributed by atoms with E-state index in [-0.39, 0.29) is 5.91 Å². The molecule has 0 atom stereocenters. The molecule has 0 unspecified atom stereocenters. The van der Waals surface area contributed by atoms with Crippen LogP contribution < -0.4 is 4.90 Å². The molecule has 0 spiro atoms. The Balaban J connectivity index is 1.79. The molecule has 6 nitrogen and oxygen atoms in total. The fraction of sp³-hybridized carbons (Fsp3) is 0.400. The number of thioether (sulfide) groups is 1. The number of thiazole rings is 1. The standard InChI is InChI=1S/C20H25N5OS2/c1-6-15-9-7-8-10-17(15)25(14(4)26)19-21-16(11-27-19)12-28-20-23-22-18(13(2)3)24(20)5/h7-11,13H,6,12H2,1-5H3. The summed E-state index contributed by atoms with van der Waals surface area (Å²) in [6.07, 6.45) is 0.860. The molecule has 2 heterocycles. The van der Waals surface area contributed by atoms with Gasteiger partial charge in [-0.05, 0) is 18.1 Å². The lowest BCUT2D eigenvalue weighted by Gasteiger charge is -2.20. The van der Waals surface area contributed by atoms with Crippen molar-refractivity contribution in [2.24, 2.45) is 7.05 Å². The second kappa shape index (κ2) is 8.87. The molecule has 148 valence electrons. The Morgan fingerprint density at radius 3 is 2.68 bits per heavy atom. The lowest BCUT2D eigenvalue weighted by atomic mass is 10.1. The molecule has 0 aliphatic carbocycles. The average molecular weight is 416 g/mol.